The summed E-state index contributed by atoms with van der Waals surface area (Å²) in [5, 5.41) is 12.7. The van der Waals surface area contributed by atoms with Gasteiger partial charge in [-0.3, -0.25) is 4.79 Å². The zero-order chi connectivity index (χ0) is 24.5. The van der Waals surface area contributed by atoms with Crippen molar-refractivity contribution in [1.82, 2.24) is 14.8 Å². The number of thioether (sulfide) groups is 1. The first kappa shape index (κ1) is 23.3. The average Bonchev–Trinajstić information content (AvgIpc) is 3.47. The number of hydrogen-bond donors (Lipinski definition) is 0. The normalized spacial score (nSPS) is 18.0. The van der Waals surface area contributed by atoms with Crippen molar-refractivity contribution in [3.05, 3.63) is 83.7 Å². The standard InChI is InChI=1S/C30H32N4OS/c1-21-18-24-11-6-8-17-27(24)33(21)29(35)20-36-30-32-31-28(34(30)25-14-3-2-4-15-25)19-23-13-9-12-22-10-5-7-16-26(22)23/h5-13,16-17,21,25H,2-4,14-15,18-20H2,1H3/t21-/m1/s1. The van der Waals surface area contributed by atoms with Crippen LogP contribution in [-0.2, 0) is 17.6 Å². The smallest absolute Gasteiger partial charge is 0.237 e. The monoisotopic (exact) mass is 496 g/mol. The molecule has 1 amide bonds. The van der Waals surface area contributed by atoms with Crippen LogP contribution in [0.5, 0.6) is 0 Å². The van der Waals surface area contributed by atoms with Gasteiger partial charge in [-0.1, -0.05) is 91.7 Å². The molecule has 1 saturated carbocycles. The van der Waals surface area contributed by atoms with Crippen LogP contribution >= 0.6 is 11.8 Å². The quantitative estimate of drug-likeness (QED) is 0.282. The second kappa shape index (κ2) is 10.1. The number of anilines is 1. The van der Waals surface area contributed by atoms with Gasteiger partial charge < -0.3 is 9.47 Å². The number of amides is 1. The molecule has 0 unspecified atom stereocenters. The molecule has 0 saturated heterocycles. The lowest BCUT2D eigenvalue weighted by molar-refractivity contribution is -0.116. The van der Waals surface area contributed by atoms with Crippen molar-refractivity contribution in [3.8, 4) is 0 Å². The summed E-state index contributed by atoms with van der Waals surface area (Å²) < 4.78 is 2.36. The van der Waals surface area contributed by atoms with Gasteiger partial charge in [0, 0.05) is 24.2 Å². The second-order valence-corrected chi connectivity index (χ2v) is 11.1. The zero-order valence-corrected chi connectivity index (χ0v) is 21.6. The largest absolute Gasteiger partial charge is 0.308 e. The molecule has 0 radical (unpaired) electrons. The molecule has 0 spiro atoms. The lowest BCUT2D eigenvalue weighted by atomic mass is 9.95. The number of para-hydroxylation sites is 1. The molecule has 36 heavy (non-hydrogen) atoms. The Balaban J connectivity index is 1.27. The maximum Gasteiger partial charge on any atom is 0.237 e. The van der Waals surface area contributed by atoms with Crippen LogP contribution in [0.4, 0.5) is 5.69 Å². The molecule has 6 heteroatoms. The molecule has 1 aliphatic heterocycles. The van der Waals surface area contributed by atoms with E-state index in [9.17, 15) is 4.79 Å². The molecule has 1 aliphatic carbocycles. The van der Waals surface area contributed by atoms with E-state index in [2.05, 4.69) is 82.4 Å². The Hall–Kier alpha value is -3.12. The van der Waals surface area contributed by atoms with Gasteiger partial charge >= 0.3 is 0 Å². The minimum atomic E-state index is 0.145. The topological polar surface area (TPSA) is 51.0 Å². The van der Waals surface area contributed by atoms with Gasteiger partial charge in [-0.25, -0.2) is 0 Å². The fourth-order valence-corrected chi connectivity index (χ4v) is 6.87. The molecular formula is C30H32N4OS. The van der Waals surface area contributed by atoms with E-state index in [1.165, 1.54) is 41.2 Å². The van der Waals surface area contributed by atoms with Crippen LogP contribution in [0.3, 0.4) is 0 Å². The van der Waals surface area contributed by atoms with Crippen molar-refractivity contribution in [2.75, 3.05) is 10.7 Å². The van der Waals surface area contributed by atoms with Crippen LogP contribution in [0.25, 0.3) is 10.8 Å². The molecule has 2 heterocycles. The molecule has 0 bridgehead atoms. The van der Waals surface area contributed by atoms with E-state index >= 15 is 0 Å². The Morgan fingerprint density at radius 3 is 2.61 bits per heavy atom. The highest BCUT2D eigenvalue weighted by atomic mass is 32.2. The summed E-state index contributed by atoms with van der Waals surface area (Å²) in [4.78, 5) is 15.3. The van der Waals surface area contributed by atoms with E-state index in [1.54, 1.807) is 11.8 Å². The summed E-state index contributed by atoms with van der Waals surface area (Å²) in [6.45, 7) is 2.13. The lowest BCUT2D eigenvalue weighted by Crippen LogP contribution is -2.37. The number of rotatable bonds is 6. The molecule has 5 nitrogen and oxygen atoms in total. The first-order valence-corrected chi connectivity index (χ1v) is 14.1. The Bertz CT molecular complexity index is 1390. The van der Waals surface area contributed by atoms with Crippen molar-refractivity contribution in [2.24, 2.45) is 0 Å². The molecule has 1 aromatic heterocycles. The van der Waals surface area contributed by atoms with E-state index in [0.29, 0.717) is 11.8 Å². The predicted octanol–water partition coefficient (Wildman–Crippen LogP) is 6.60. The third-order valence-corrected chi connectivity index (χ3v) is 8.63. The van der Waals surface area contributed by atoms with E-state index in [4.69, 9.17) is 0 Å². The minimum absolute atomic E-state index is 0.145. The van der Waals surface area contributed by atoms with E-state index in [0.717, 1.165) is 42.4 Å². The number of benzene rings is 3. The summed E-state index contributed by atoms with van der Waals surface area (Å²) in [5.41, 5.74) is 3.58. The van der Waals surface area contributed by atoms with Crippen LogP contribution < -0.4 is 4.90 Å². The van der Waals surface area contributed by atoms with Crippen LogP contribution in [0.1, 0.15) is 62.0 Å². The van der Waals surface area contributed by atoms with Crippen LogP contribution in [0, 0.1) is 0 Å². The summed E-state index contributed by atoms with van der Waals surface area (Å²) >= 11 is 1.55. The van der Waals surface area contributed by atoms with Gasteiger partial charge in [0.05, 0.1) is 5.75 Å². The highest BCUT2D eigenvalue weighted by molar-refractivity contribution is 7.99. The zero-order valence-electron chi connectivity index (χ0n) is 20.8. The van der Waals surface area contributed by atoms with E-state index in [1.807, 2.05) is 11.0 Å². The van der Waals surface area contributed by atoms with Gasteiger partial charge in [0.15, 0.2) is 5.16 Å². The average molecular weight is 497 g/mol. The molecule has 184 valence electrons. The Morgan fingerprint density at radius 2 is 1.72 bits per heavy atom. The number of carbonyl (C=O) groups excluding carboxylic acids is 1. The number of carbonyl (C=O) groups is 1. The molecule has 1 atom stereocenters. The molecule has 0 N–H and O–H groups in total. The molecule has 1 fully saturated rings. The highest BCUT2D eigenvalue weighted by Crippen LogP contribution is 2.36. The van der Waals surface area contributed by atoms with Gasteiger partial charge in [0.2, 0.25) is 5.91 Å². The Kier molecular flexibility index (Phi) is 6.53. The summed E-state index contributed by atoms with van der Waals surface area (Å²) in [6, 6.07) is 23.9. The number of nitrogens with zero attached hydrogens (tertiary/aromatic N) is 4. The highest BCUT2D eigenvalue weighted by Gasteiger charge is 2.31. The van der Waals surface area contributed by atoms with Crippen LogP contribution in [0.2, 0.25) is 0 Å². The maximum absolute atomic E-state index is 13.4. The minimum Gasteiger partial charge on any atom is -0.308 e. The number of hydrogen-bond acceptors (Lipinski definition) is 4. The summed E-state index contributed by atoms with van der Waals surface area (Å²) in [7, 11) is 0. The van der Waals surface area contributed by atoms with E-state index in [-0.39, 0.29) is 11.9 Å². The van der Waals surface area contributed by atoms with Gasteiger partial charge in [-0.15, -0.1) is 10.2 Å². The van der Waals surface area contributed by atoms with Crippen molar-refractivity contribution < 1.29 is 4.79 Å². The van der Waals surface area contributed by atoms with Crippen molar-refractivity contribution >= 4 is 34.1 Å². The summed E-state index contributed by atoms with van der Waals surface area (Å²) in [6.07, 6.45) is 7.74. The lowest BCUT2D eigenvalue weighted by Gasteiger charge is -2.26. The fraction of sp³-hybridized carbons (Fsp3) is 0.367. The fourth-order valence-electron chi connectivity index (χ4n) is 5.99. The van der Waals surface area contributed by atoms with Crippen molar-refractivity contribution in [1.29, 1.82) is 0 Å². The SMILES string of the molecule is C[C@@H]1Cc2ccccc2N1C(=O)CSc1nnc(Cc2cccc3ccccc23)n1C1CCCCC1. The molecular weight excluding hydrogens is 464 g/mol. The molecule has 3 aromatic carbocycles. The second-order valence-electron chi connectivity index (χ2n) is 10.1. The Morgan fingerprint density at radius 1 is 0.944 bits per heavy atom. The van der Waals surface area contributed by atoms with E-state index < -0.39 is 0 Å². The first-order chi connectivity index (χ1) is 17.7. The third kappa shape index (κ3) is 4.43. The first-order valence-electron chi connectivity index (χ1n) is 13.1. The molecule has 2 aliphatic rings. The molecule has 6 rings (SSSR count). The van der Waals surface area contributed by atoms with Crippen LogP contribution in [-0.4, -0.2) is 32.5 Å². The third-order valence-electron chi connectivity index (χ3n) is 7.70. The summed E-state index contributed by atoms with van der Waals surface area (Å²) in [5.74, 6) is 1.52. The van der Waals surface area contributed by atoms with Crippen molar-refractivity contribution in [2.45, 2.75) is 69.1 Å². The number of aromatic nitrogens is 3. The van der Waals surface area contributed by atoms with Gasteiger partial charge in [-0.2, -0.15) is 0 Å². The van der Waals surface area contributed by atoms with Crippen LogP contribution in [0.15, 0.2) is 71.9 Å². The van der Waals surface area contributed by atoms with Gasteiger partial charge in [-0.05, 0) is 54.2 Å². The maximum atomic E-state index is 13.4. The number of fused-ring (bicyclic) bond motifs is 2. The molecule has 4 aromatic rings. The Labute approximate surface area is 216 Å². The predicted molar refractivity (Wildman–Crippen MR) is 147 cm³/mol. The van der Waals surface area contributed by atoms with Gasteiger partial charge in [0.1, 0.15) is 5.82 Å². The van der Waals surface area contributed by atoms with Gasteiger partial charge in [0.25, 0.3) is 0 Å². The van der Waals surface area contributed by atoms with Crippen molar-refractivity contribution in [3.63, 3.8) is 0 Å².